The molecule has 10 aromatic rings. The van der Waals surface area contributed by atoms with Crippen molar-refractivity contribution < 1.29 is 4.42 Å². The predicted molar refractivity (Wildman–Crippen MR) is 219 cm³/mol. The summed E-state index contributed by atoms with van der Waals surface area (Å²) in [6.07, 6.45) is 0. The van der Waals surface area contributed by atoms with Crippen molar-refractivity contribution in [3.63, 3.8) is 0 Å². The first-order valence-corrected chi connectivity index (χ1v) is 17.9. The molecule has 0 bridgehead atoms. The molecule has 0 amide bonds. The Labute approximate surface area is 307 Å². The van der Waals surface area contributed by atoms with Crippen molar-refractivity contribution in [1.82, 2.24) is 9.97 Å². The van der Waals surface area contributed by atoms with Crippen molar-refractivity contribution in [1.29, 1.82) is 0 Å². The summed E-state index contributed by atoms with van der Waals surface area (Å²) in [5.41, 5.74) is 13.4. The number of hydrogen-bond donors (Lipinski definition) is 0. The summed E-state index contributed by atoms with van der Waals surface area (Å²) in [4.78, 5) is 10.3. The number of aromatic nitrogens is 2. The first-order chi connectivity index (χ1) is 26.2. The zero-order valence-corrected chi connectivity index (χ0v) is 28.8. The molecule has 0 atom stereocenters. The largest absolute Gasteiger partial charge is 0.456 e. The van der Waals surface area contributed by atoms with Crippen LogP contribution in [0.1, 0.15) is 0 Å². The molecule has 3 nitrogen and oxygen atoms in total. The molecular formula is C50H32N2O. The van der Waals surface area contributed by atoms with E-state index in [4.69, 9.17) is 14.4 Å². The Morgan fingerprint density at radius 3 is 1.60 bits per heavy atom. The van der Waals surface area contributed by atoms with E-state index in [0.29, 0.717) is 5.82 Å². The van der Waals surface area contributed by atoms with Gasteiger partial charge in [-0.3, -0.25) is 0 Å². The van der Waals surface area contributed by atoms with E-state index in [1.165, 1.54) is 21.9 Å². The minimum Gasteiger partial charge on any atom is -0.456 e. The van der Waals surface area contributed by atoms with Crippen molar-refractivity contribution in [3.8, 4) is 67.3 Å². The van der Waals surface area contributed by atoms with Gasteiger partial charge >= 0.3 is 0 Å². The number of rotatable bonds is 6. The summed E-state index contributed by atoms with van der Waals surface area (Å²) in [6, 6.07) is 68.0. The second kappa shape index (κ2) is 12.9. The number of hydrogen-bond acceptors (Lipinski definition) is 3. The van der Waals surface area contributed by atoms with Crippen LogP contribution >= 0.6 is 0 Å². The van der Waals surface area contributed by atoms with Crippen LogP contribution in [0.3, 0.4) is 0 Å². The maximum absolute atomic E-state index is 6.65. The molecule has 0 unspecified atom stereocenters. The van der Waals surface area contributed by atoms with Gasteiger partial charge in [-0.25, -0.2) is 9.97 Å². The van der Waals surface area contributed by atoms with Gasteiger partial charge in [-0.05, 0) is 86.6 Å². The highest BCUT2D eigenvalue weighted by Crippen LogP contribution is 2.42. The van der Waals surface area contributed by atoms with E-state index < -0.39 is 0 Å². The first kappa shape index (κ1) is 30.7. The van der Waals surface area contributed by atoms with Crippen molar-refractivity contribution >= 4 is 32.7 Å². The average Bonchev–Trinajstić information content (AvgIpc) is 3.61. The number of benzene rings is 8. The first-order valence-electron chi connectivity index (χ1n) is 17.9. The second-order valence-corrected chi connectivity index (χ2v) is 13.4. The average molecular weight is 677 g/mol. The highest BCUT2D eigenvalue weighted by atomic mass is 16.3. The van der Waals surface area contributed by atoms with E-state index in [-0.39, 0.29) is 0 Å². The van der Waals surface area contributed by atoms with Gasteiger partial charge in [0.25, 0.3) is 0 Å². The third kappa shape index (κ3) is 5.65. The van der Waals surface area contributed by atoms with Gasteiger partial charge in [0.15, 0.2) is 5.82 Å². The van der Waals surface area contributed by atoms with Gasteiger partial charge in [-0.15, -0.1) is 0 Å². The minimum atomic E-state index is 0.693. The lowest BCUT2D eigenvalue weighted by Gasteiger charge is -2.14. The van der Waals surface area contributed by atoms with Gasteiger partial charge in [0, 0.05) is 27.5 Å². The molecule has 2 heterocycles. The van der Waals surface area contributed by atoms with E-state index in [9.17, 15) is 0 Å². The van der Waals surface area contributed by atoms with Gasteiger partial charge in [0.2, 0.25) is 0 Å². The molecule has 0 aliphatic carbocycles. The summed E-state index contributed by atoms with van der Waals surface area (Å²) < 4.78 is 6.65. The molecule has 0 radical (unpaired) electrons. The van der Waals surface area contributed by atoms with Crippen LogP contribution in [0.4, 0.5) is 0 Å². The number of nitrogens with zero attached hydrogens (tertiary/aromatic N) is 2. The Kier molecular flexibility index (Phi) is 7.47. The highest BCUT2D eigenvalue weighted by Gasteiger charge is 2.18. The third-order valence-corrected chi connectivity index (χ3v) is 10.1. The van der Waals surface area contributed by atoms with Crippen LogP contribution in [0.5, 0.6) is 0 Å². The Bertz CT molecular complexity index is 2860. The summed E-state index contributed by atoms with van der Waals surface area (Å²) in [6.45, 7) is 0. The van der Waals surface area contributed by atoms with Gasteiger partial charge in [0.1, 0.15) is 11.2 Å². The number of fused-ring (bicyclic) bond motifs is 4. The number of furan rings is 1. The standard InChI is InChI=1S/C50H32N2O/c1-5-15-33(16-6-1)38-27-39(29-40(28-38)46-32-45(35-19-9-3-10-20-35)51-50(52-46)36-21-11-4-12-22-36)42-25-14-26-47-49(42)44-30-37-23-13-24-41(34-17-7-2-8-18-34)43(37)31-48(44)53-47/h1-32H. The molecule has 0 aliphatic heterocycles. The normalized spacial score (nSPS) is 11.4. The maximum atomic E-state index is 6.65. The fourth-order valence-electron chi connectivity index (χ4n) is 7.50. The monoisotopic (exact) mass is 676 g/mol. The lowest BCUT2D eigenvalue weighted by molar-refractivity contribution is 0.669. The highest BCUT2D eigenvalue weighted by molar-refractivity contribution is 6.17. The zero-order chi connectivity index (χ0) is 35.1. The summed E-state index contributed by atoms with van der Waals surface area (Å²) in [7, 11) is 0. The Hall–Kier alpha value is -7.10. The predicted octanol–water partition coefficient (Wildman–Crippen LogP) is 13.5. The fourth-order valence-corrected chi connectivity index (χ4v) is 7.50. The van der Waals surface area contributed by atoms with Crippen molar-refractivity contribution in [3.05, 3.63) is 194 Å². The smallest absolute Gasteiger partial charge is 0.160 e. The molecule has 10 rings (SSSR count). The molecule has 0 saturated carbocycles. The van der Waals surface area contributed by atoms with E-state index in [1.807, 2.05) is 24.3 Å². The van der Waals surface area contributed by atoms with Crippen molar-refractivity contribution in [2.75, 3.05) is 0 Å². The molecule has 0 N–H and O–H groups in total. The van der Waals surface area contributed by atoms with Crippen LogP contribution < -0.4 is 0 Å². The van der Waals surface area contributed by atoms with Gasteiger partial charge in [-0.1, -0.05) is 152 Å². The van der Waals surface area contributed by atoms with Gasteiger partial charge in [0.05, 0.1) is 11.4 Å². The molecule has 53 heavy (non-hydrogen) atoms. The molecule has 0 fully saturated rings. The van der Waals surface area contributed by atoms with Gasteiger partial charge in [-0.2, -0.15) is 0 Å². The van der Waals surface area contributed by atoms with Crippen LogP contribution in [0, 0.1) is 0 Å². The summed E-state index contributed by atoms with van der Waals surface area (Å²) in [5.74, 6) is 0.693. The second-order valence-electron chi connectivity index (χ2n) is 13.4. The fraction of sp³-hybridized carbons (Fsp3) is 0. The third-order valence-electron chi connectivity index (χ3n) is 10.1. The van der Waals surface area contributed by atoms with E-state index in [1.54, 1.807) is 0 Å². The quantitative estimate of drug-likeness (QED) is 0.176. The Balaban J connectivity index is 1.21. The molecule has 8 aromatic carbocycles. The lowest BCUT2D eigenvalue weighted by atomic mass is 9.92. The zero-order valence-electron chi connectivity index (χ0n) is 28.8. The molecule has 0 spiro atoms. The maximum Gasteiger partial charge on any atom is 0.160 e. The van der Waals surface area contributed by atoms with E-state index >= 15 is 0 Å². The SMILES string of the molecule is c1ccc(-c2cc(-c3cc(-c4ccccc4)nc(-c4ccccc4)n3)cc(-c3cccc4oc5cc6c(-c7ccccc7)cccc6cc5c34)c2)cc1. The molecule has 2 aromatic heterocycles. The minimum absolute atomic E-state index is 0.693. The van der Waals surface area contributed by atoms with Crippen LogP contribution in [0.25, 0.3) is 100.0 Å². The van der Waals surface area contributed by atoms with Crippen LogP contribution in [-0.4, -0.2) is 9.97 Å². The van der Waals surface area contributed by atoms with Crippen LogP contribution in [-0.2, 0) is 0 Å². The molecule has 0 saturated heterocycles. The summed E-state index contributed by atoms with van der Waals surface area (Å²) in [5, 5.41) is 4.55. The van der Waals surface area contributed by atoms with Gasteiger partial charge < -0.3 is 4.42 Å². The molecular weight excluding hydrogens is 645 g/mol. The molecule has 0 aliphatic rings. The Morgan fingerprint density at radius 2 is 0.887 bits per heavy atom. The van der Waals surface area contributed by atoms with Crippen molar-refractivity contribution in [2.24, 2.45) is 0 Å². The van der Waals surface area contributed by atoms with E-state index in [0.717, 1.165) is 72.3 Å². The topological polar surface area (TPSA) is 38.9 Å². The van der Waals surface area contributed by atoms with Crippen LogP contribution in [0.15, 0.2) is 199 Å². The Morgan fingerprint density at radius 1 is 0.321 bits per heavy atom. The molecule has 248 valence electrons. The van der Waals surface area contributed by atoms with E-state index in [2.05, 4.69) is 170 Å². The summed E-state index contributed by atoms with van der Waals surface area (Å²) >= 11 is 0. The van der Waals surface area contributed by atoms with Crippen molar-refractivity contribution in [2.45, 2.75) is 0 Å². The lowest BCUT2D eigenvalue weighted by Crippen LogP contribution is -1.96. The van der Waals surface area contributed by atoms with Crippen LogP contribution in [0.2, 0.25) is 0 Å². The molecule has 3 heteroatoms.